The van der Waals surface area contributed by atoms with Gasteiger partial charge in [-0.05, 0) is 31.7 Å². The molecule has 106 valence electrons. The molecule has 0 aliphatic carbocycles. The molecule has 0 aromatic heterocycles. The molecule has 0 radical (unpaired) electrons. The Labute approximate surface area is 116 Å². The number of ether oxygens (including phenoxy) is 1. The Bertz CT molecular complexity index is 355. The van der Waals surface area contributed by atoms with Gasteiger partial charge in [-0.1, -0.05) is 30.3 Å². The fraction of sp³-hybridized carbons (Fsp3) is 0.625. The summed E-state index contributed by atoms with van der Waals surface area (Å²) in [5, 5.41) is 0. The minimum Gasteiger partial charge on any atom is -0.377 e. The molecule has 2 atom stereocenters. The molecule has 0 amide bonds. The average molecular weight is 262 g/mol. The molecule has 2 unspecified atom stereocenters. The number of hydrogen-bond acceptors (Lipinski definition) is 3. The number of nitrogens with two attached hydrogens (primary N) is 1. The van der Waals surface area contributed by atoms with Crippen molar-refractivity contribution < 1.29 is 4.74 Å². The van der Waals surface area contributed by atoms with Gasteiger partial charge < -0.3 is 10.5 Å². The summed E-state index contributed by atoms with van der Waals surface area (Å²) in [6, 6.07) is 10.8. The number of hydrogen-bond donors (Lipinski definition) is 1. The third-order valence-corrected chi connectivity index (χ3v) is 3.68. The van der Waals surface area contributed by atoms with E-state index in [1.54, 1.807) is 0 Å². The van der Waals surface area contributed by atoms with Gasteiger partial charge >= 0.3 is 0 Å². The van der Waals surface area contributed by atoms with Crippen LogP contribution in [0.2, 0.25) is 0 Å². The van der Waals surface area contributed by atoms with E-state index in [9.17, 15) is 0 Å². The number of nitrogens with zero attached hydrogens (tertiary/aromatic N) is 1. The van der Waals surface area contributed by atoms with Crippen LogP contribution >= 0.6 is 0 Å². The van der Waals surface area contributed by atoms with Crippen molar-refractivity contribution in [2.24, 2.45) is 5.73 Å². The summed E-state index contributed by atoms with van der Waals surface area (Å²) >= 11 is 0. The molecule has 2 N–H and O–H groups in total. The van der Waals surface area contributed by atoms with Crippen LogP contribution in [0.4, 0.5) is 0 Å². The lowest BCUT2D eigenvalue weighted by molar-refractivity contribution is 0.0669. The summed E-state index contributed by atoms with van der Waals surface area (Å²) in [5.74, 6) is 0. The topological polar surface area (TPSA) is 38.5 Å². The van der Waals surface area contributed by atoms with Crippen LogP contribution in [0.15, 0.2) is 30.3 Å². The fourth-order valence-electron chi connectivity index (χ4n) is 2.67. The molecule has 1 saturated heterocycles. The molecule has 2 rings (SSSR count). The van der Waals surface area contributed by atoms with Crippen molar-refractivity contribution in [1.82, 2.24) is 4.90 Å². The van der Waals surface area contributed by atoms with Crippen LogP contribution in [0, 0.1) is 0 Å². The second-order valence-corrected chi connectivity index (χ2v) is 5.58. The first-order valence-corrected chi connectivity index (χ1v) is 7.37. The normalized spacial score (nSPS) is 22.9. The van der Waals surface area contributed by atoms with E-state index in [0.717, 1.165) is 45.5 Å². The van der Waals surface area contributed by atoms with Crippen molar-refractivity contribution in [2.45, 2.75) is 38.3 Å². The zero-order valence-corrected chi connectivity index (χ0v) is 11.9. The summed E-state index contributed by atoms with van der Waals surface area (Å²) in [6.07, 6.45) is 3.58. The molecule has 1 aliphatic rings. The van der Waals surface area contributed by atoms with E-state index in [0.29, 0.717) is 6.10 Å². The van der Waals surface area contributed by atoms with Crippen molar-refractivity contribution in [3.63, 3.8) is 0 Å². The highest BCUT2D eigenvalue weighted by molar-refractivity contribution is 5.14. The molecule has 3 nitrogen and oxygen atoms in total. The highest BCUT2D eigenvalue weighted by Gasteiger charge is 2.17. The zero-order valence-electron chi connectivity index (χ0n) is 11.9. The van der Waals surface area contributed by atoms with Crippen LogP contribution in [-0.2, 0) is 11.2 Å². The van der Waals surface area contributed by atoms with E-state index >= 15 is 0 Å². The lowest BCUT2D eigenvalue weighted by atomic mass is 10.1. The van der Waals surface area contributed by atoms with Gasteiger partial charge in [-0.15, -0.1) is 0 Å². The van der Waals surface area contributed by atoms with E-state index in [1.807, 2.05) is 0 Å². The van der Waals surface area contributed by atoms with E-state index in [2.05, 4.69) is 42.2 Å². The number of benzene rings is 1. The van der Waals surface area contributed by atoms with E-state index in [4.69, 9.17) is 10.5 Å². The highest BCUT2D eigenvalue weighted by Crippen LogP contribution is 2.08. The van der Waals surface area contributed by atoms with Gasteiger partial charge in [-0.2, -0.15) is 0 Å². The summed E-state index contributed by atoms with van der Waals surface area (Å²) in [7, 11) is 0. The van der Waals surface area contributed by atoms with E-state index in [-0.39, 0.29) is 6.04 Å². The Morgan fingerprint density at radius 2 is 2.16 bits per heavy atom. The third-order valence-electron chi connectivity index (χ3n) is 3.68. The number of rotatable bonds is 5. The Hall–Kier alpha value is -0.900. The smallest absolute Gasteiger partial charge is 0.0673 e. The van der Waals surface area contributed by atoms with Crippen molar-refractivity contribution >= 4 is 0 Å². The standard InChI is InChI=1S/C16H26N2O/c1-14-12-18(10-5-11-19-14)13-16(17)9-8-15-6-3-2-4-7-15/h2-4,6-7,14,16H,5,8-13,17H2,1H3. The summed E-state index contributed by atoms with van der Waals surface area (Å²) < 4.78 is 5.66. The van der Waals surface area contributed by atoms with Gasteiger partial charge in [0.2, 0.25) is 0 Å². The molecule has 1 aliphatic heterocycles. The first-order valence-electron chi connectivity index (χ1n) is 7.37. The Morgan fingerprint density at radius 1 is 1.37 bits per heavy atom. The average Bonchev–Trinajstić information content (AvgIpc) is 2.62. The zero-order chi connectivity index (χ0) is 13.5. The van der Waals surface area contributed by atoms with Crippen molar-refractivity contribution in [2.75, 3.05) is 26.2 Å². The Balaban J connectivity index is 1.72. The molecular weight excluding hydrogens is 236 g/mol. The van der Waals surface area contributed by atoms with Crippen molar-refractivity contribution in [1.29, 1.82) is 0 Å². The Morgan fingerprint density at radius 3 is 2.95 bits per heavy atom. The maximum Gasteiger partial charge on any atom is 0.0673 e. The largest absolute Gasteiger partial charge is 0.377 e. The molecule has 1 fully saturated rings. The van der Waals surface area contributed by atoms with Gasteiger partial charge in [0.15, 0.2) is 0 Å². The van der Waals surface area contributed by atoms with Crippen LogP contribution in [0.25, 0.3) is 0 Å². The quantitative estimate of drug-likeness (QED) is 0.882. The molecular formula is C16H26N2O. The SMILES string of the molecule is CC1CN(CC(N)CCc2ccccc2)CCCO1. The molecule has 0 spiro atoms. The van der Waals surface area contributed by atoms with E-state index < -0.39 is 0 Å². The van der Waals surface area contributed by atoms with Gasteiger partial charge in [-0.3, -0.25) is 4.90 Å². The maximum atomic E-state index is 6.27. The second kappa shape index (κ2) is 7.63. The monoisotopic (exact) mass is 262 g/mol. The van der Waals surface area contributed by atoms with Crippen LogP contribution in [-0.4, -0.2) is 43.3 Å². The van der Waals surface area contributed by atoms with E-state index in [1.165, 1.54) is 5.56 Å². The lowest BCUT2D eigenvalue weighted by Crippen LogP contribution is -2.40. The highest BCUT2D eigenvalue weighted by atomic mass is 16.5. The third kappa shape index (κ3) is 5.31. The van der Waals surface area contributed by atoms with Crippen LogP contribution in [0.5, 0.6) is 0 Å². The summed E-state index contributed by atoms with van der Waals surface area (Å²) in [6.45, 7) is 6.15. The molecule has 0 saturated carbocycles. The molecule has 1 aromatic rings. The predicted octanol–water partition coefficient (Wildman–Crippen LogP) is 2.06. The lowest BCUT2D eigenvalue weighted by Gasteiger charge is -2.25. The molecule has 1 heterocycles. The van der Waals surface area contributed by atoms with Crippen molar-refractivity contribution in [3.8, 4) is 0 Å². The minimum absolute atomic E-state index is 0.255. The summed E-state index contributed by atoms with van der Waals surface area (Å²) in [5.41, 5.74) is 7.65. The molecule has 19 heavy (non-hydrogen) atoms. The van der Waals surface area contributed by atoms with Crippen LogP contribution < -0.4 is 5.73 Å². The van der Waals surface area contributed by atoms with Crippen LogP contribution in [0.3, 0.4) is 0 Å². The molecule has 3 heteroatoms. The predicted molar refractivity (Wildman–Crippen MR) is 79.2 cm³/mol. The first kappa shape index (κ1) is 14.5. The van der Waals surface area contributed by atoms with Gasteiger partial charge in [-0.25, -0.2) is 0 Å². The number of aryl methyl sites for hydroxylation is 1. The van der Waals surface area contributed by atoms with Gasteiger partial charge in [0, 0.05) is 32.3 Å². The van der Waals surface area contributed by atoms with Crippen molar-refractivity contribution in [3.05, 3.63) is 35.9 Å². The first-order chi connectivity index (χ1) is 9.24. The summed E-state index contributed by atoms with van der Waals surface area (Å²) in [4.78, 5) is 2.45. The van der Waals surface area contributed by atoms with Crippen LogP contribution in [0.1, 0.15) is 25.3 Å². The molecule has 0 bridgehead atoms. The molecule has 1 aromatic carbocycles. The second-order valence-electron chi connectivity index (χ2n) is 5.58. The van der Waals surface area contributed by atoms with Gasteiger partial charge in [0.05, 0.1) is 6.10 Å². The van der Waals surface area contributed by atoms with Gasteiger partial charge in [0.25, 0.3) is 0 Å². The van der Waals surface area contributed by atoms with Gasteiger partial charge in [0.1, 0.15) is 0 Å². The Kier molecular flexibility index (Phi) is 5.83. The maximum absolute atomic E-state index is 6.27. The fourth-order valence-corrected chi connectivity index (χ4v) is 2.67. The minimum atomic E-state index is 0.255.